The highest BCUT2D eigenvalue weighted by atomic mass is 32.1. The summed E-state index contributed by atoms with van der Waals surface area (Å²) in [6.45, 7) is 8.82. The Balaban J connectivity index is 1.38. The highest BCUT2D eigenvalue weighted by Gasteiger charge is 2.25. The highest BCUT2D eigenvalue weighted by molar-refractivity contribution is 7.80. The van der Waals surface area contributed by atoms with Crippen molar-refractivity contribution in [1.29, 1.82) is 0 Å². The van der Waals surface area contributed by atoms with Crippen molar-refractivity contribution in [2.24, 2.45) is 0 Å². The van der Waals surface area contributed by atoms with E-state index < -0.39 is 0 Å². The summed E-state index contributed by atoms with van der Waals surface area (Å²) in [6.07, 6.45) is 5.94. The number of thiazole rings is 1. The number of hydrogen-bond donors (Lipinski definition) is 2. The zero-order chi connectivity index (χ0) is 24.1. The van der Waals surface area contributed by atoms with Crippen molar-refractivity contribution in [2.75, 3.05) is 25.0 Å². The van der Waals surface area contributed by atoms with Gasteiger partial charge in [-0.1, -0.05) is 13.3 Å². The van der Waals surface area contributed by atoms with Crippen LogP contribution in [-0.4, -0.2) is 55.3 Å². The minimum Gasteiger partial charge on any atom is -0.363 e. The molecule has 1 amide bonds. The summed E-state index contributed by atoms with van der Waals surface area (Å²) in [5, 5.41) is 14.5. The number of hydrogen-bond acceptors (Lipinski definition) is 6. The van der Waals surface area contributed by atoms with E-state index in [1.54, 1.807) is 28.3 Å². The van der Waals surface area contributed by atoms with Gasteiger partial charge in [0.05, 0.1) is 16.4 Å². The summed E-state index contributed by atoms with van der Waals surface area (Å²) < 4.78 is 1.74. The molecule has 1 saturated heterocycles. The summed E-state index contributed by atoms with van der Waals surface area (Å²) in [5.74, 6) is 0.703. The van der Waals surface area contributed by atoms with E-state index in [4.69, 9.17) is 12.2 Å². The van der Waals surface area contributed by atoms with E-state index in [0.717, 1.165) is 66.8 Å². The molecule has 0 saturated carbocycles. The number of rotatable bonds is 7. The van der Waals surface area contributed by atoms with Crippen LogP contribution in [-0.2, 0) is 0 Å². The van der Waals surface area contributed by atoms with Crippen LogP contribution < -0.4 is 10.6 Å². The van der Waals surface area contributed by atoms with Crippen molar-refractivity contribution in [2.45, 2.75) is 52.4 Å². The second kappa shape index (κ2) is 11.1. The third-order valence-corrected chi connectivity index (χ3v) is 7.35. The maximum absolute atomic E-state index is 13.0. The van der Waals surface area contributed by atoms with Gasteiger partial charge in [0, 0.05) is 42.8 Å². The molecular formula is C24H31N7OS2. The summed E-state index contributed by atoms with van der Waals surface area (Å²) in [4.78, 5) is 24.4. The van der Waals surface area contributed by atoms with Gasteiger partial charge >= 0.3 is 0 Å². The van der Waals surface area contributed by atoms with Gasteiger partial charge in [0.2, 0.25) is 0 Å². The fraction of sp³-hybridized carbons (Fsp3) is 0.458. The number of unbranched alkanes of at least 4 members (excludes halogenated alkanes) is 1. The number of nitrogens with one attached hydrogen (secondary N) is 2. The van der Waals surface area contributed by atoms with Crippen molar-refractivity contribution in [1.82, 2.24) is 30.0 Å². The predicted octanol–water partition coefficient (Wildman–Crippen LogP) is 4.45. The zero-order valence-corrected chi connectivity index (χ0v) is 21.5. The van der Waals surface area contributed by atoms with Crippen molar-refractivity contribution < 1.29 is 4.79 Å². The predicted molar refractivity (Wildman–Crippen MR) is 140 cm³/mol. The lowest BCUT2D eigenvalue weighted by Gasteiger charge is -2.33. The first-order valence-corrected chi connectivity index (χ1v) is 13.0. The van der Waals surface area contributed by atoms with E-state index in [2.05, 4.69) is 37.5 Å². The second-order valence-corrected chi connectivity index (χ2v) is 9.86. The lowest BCUT2D eigenvalue weighted by atomic mass is 9.98. The number of carbonyl (C=O) groups excluding carboxylic acids is 1. The Labute approximate surface area is 209 Å². The molecule has 3 aromatic heterocycles. The first-order chi connectivity index (χ1) is 16.5. The quantitative estimate of drug-likeness (QED) is 0.368. The van der Waals surface area contributed by atoms with Crippen LogP contribution in [0.15, 0.2) is 29.8 Å². The van der Waals surface area contributed by atoms with Crippen LogP contribution in [0.25, 0.3) is 5.82 Å². The van der Waals surface area contributed by atoms with Crippen LogP contribution in [0.5, 0.6) is 0 Å². The average molecular weight is 498 g/mol. The lowest BCUT2D eigenvalue weighted by Crippen LogP contribution is -2.44. The topological polar surface area (TPSA) is 88.0 Å². The molecule has 8 nitrogen and oxygen atoms in total. The number of nitrogens with zero attached hydrogens (tertiary/aromatic N) is 5. The van der Waals surface area contributed by atoms with Crippen LogP contribution >= 0.6 is 23.6 Å². The molecule has 1 fully saturated rings. The van der Waals surface area contributed by atoms with E-state index in [9.17, 15) is 4.79 Å². The molecule has 1 aliphatic heterocycles. The van der Waals surface area contributed by atoms with Crippen molar-refractivity contribution in [3.63, 3.8) is 0 Å². The molecule has 4 rings (SSSR count). The Morgan fingerprint density at radius 1 is 1.29 bits per heavy atom. The van der Waals surface area contributed by atoms with Gasteiger partial charge in [0.25, 0.3) is 5.91 Å². The molecule has 4 heterocycles. The van der Waals surface area contributed by atoms with Gasteiger partial charge in [-0.15, -0.1) is 11.3 Å². The van der Waals surface area contributed by atoms with Gasteiger partial charge in [-0.2, -0.15) is 5.10 Å². The summed E-state index contributed by atoms with van der Waals surface area (Å²) in [5.41, 5.74) is 2.88. The van der Waals surface area contributed by atoms with Crippen LogP contribution in [0.3, 0.4) is 0 Å². The molecular weight excluding hydrogens is 466 g/mol. The average Bonchev–Trinajstić information content (AvgIpc) is 3.46. The van der Waals surface area contributed by atoms with Gasteiger partial charge in [-0.3, -0.25) is 4.79 Å². The smallest absolute Gasteiger partial charge is 0.275 e. The monoisotopic (exact) mass is 497 g/mol. The van der Waals surface area contributed by atoms with Crippen molar-refractivity contribution >= 4 is 40.3 Å². The van der Waals surface area contributed by atoms with Crippen molar-refractivity contribution in [3.8, 4) is 5.82 Å². The van der Waals surface area contributed by atoms with Gasteiger partial charge in [-0.05, 0) is 63.5 Å². The second-order valence-electron chi connectivity index (χ2n) is 8.59. The van der Waals surface area contributed by atoms with E-state index in [0.29, 0.717) is 23.1 Å². The van der Waals surface area contributed by atoms with E-state index >= 15 is 0 Å². The number of aromatic nitrogens is 4. The molecule has 0 unspecified atom stereocenters. The molecule has 2 N–H and O–H groups in total. The first kappa shape index (κ1) is 24.3. The number of anilines is 1. The van der Waals surface area contributed by atoms with Gasteiger partial charge in [-0.25, -0.2) is 14.6 Å². The van der Waals surface area contributed by atoms with E-state index in [1.807, 2.05) is 31.4 Å². The SMILES string of the molecule is CCCCNC(=S)N1CCC(c2nc(C(=O)Nc3cccnc3-n3nc(C)cc3C)cs2)CC1. The molecule has 0 aliphatic carbocycles. The first-order valence-electron chi connectivity index (χ1n) is 11.7. The van der Waals surface area contributed by atoms with E-state index in [-0.39, 0.29) is 5.91 Å². The zero-order valence-electron chi connectivity index (χ0n) is 19.9. The van der Waals surface area contributed by atoms with Crippen LogP contribution in [0.1, 0.15) is 65.4 Å². The summed E-state index contributed by atoms with van der Waals surface area (Å²) in [6, 6.07) is 5.61. The molecule has 0 bridgehead atoms. The van der Waals surface area contributed by atoms with Crippen LogP contribution in [0.4, 0.5) is 5.69 Å². The summed E-state index contributed by atoms with van der Waals surface area (Å²) in [7, 11) is 0. The highest BCUT2D eigenvalue weighted by Crippen LogP contribution is 2.31. The number of aryl methyl sites for hydroxylation is 2. The standard InChI is InChI=1S/C24H31N7OS2/c1-4-5-10-26-24(33)30-12-8-18(9-13-30)23-28-20(15-34-23)22(32)27-19-7-6-11-25-21(19)31-17(3)14-16(2)29-31/h6-7,11,14-15,18H,4-5,8-10,12-13H2,1-3H3,(H,26,33)(H,27,32). The van der Waals surface area contributed by atoms with E-state index in [1.165, 1.54) is 0 Å². The van der Waals surface area contributed by atoms with Crippen molar-refractivity contribution in [3.05, 3.63) is 51.9 Å². The number of pyridine rings is 1. The number of likely N-dealkylation sites (tertiary alicyclic amines) is 1. The fourth-order valence-electron chi connectivity index (χ4n) is 4.09. The van der Waals surface area contributed by atoms with Crippen LogP contribution in [0, 0.1) is 13.8 Å². The Hall–Kier alpha value is -2.85. The maximum atomic E-state index is 13.0. The number of thiocarbonyl (C=S) groups is 1. The minimum atomic E-state index is -0.239. The Kier molecular flexibility index (Phi) is 7.89. The fourth-order valence-corrected chi connectivity index (χ4v) is 5.34. The molecule has 180 valence electrons. The normalized spacial score (nSPS) is 14.3. The number of piperidine rings is 1. The molecule has 0 radical (unpaired) electrons. The molecule has 3 aromatic rings. The molecule has 0 atom stereocenters. The third kappa shape index (κ3) is 5.61. The van der Waals surface area contributed by atoms with Crippen LogP contribution in [0.2, 0.25) is 0 Å². The number of carbonyl (C=O) groups is 1. The minimum absolute atomic E-state index is 0.239. The Morgan fingerprint density at radius 3 is 2.79 bits per heavy atom. The third-order valence-electron chi connectivity index (χ3n) is 5.94. The van der Waals surface area contributed by atoms with Gasteiger partial charge in [0.15, 0.2) is 10.9 Å². The Bertz CT molecular complexity index is 1150. The summed E-state index contributed by atoms with van der Waals surface area (Å²) >= 11 is 7.09. The largest absolute Gasteiger partial charge is 0.363 e. The number of amides is 1. The van der Waals surface area contributed by atoms with Gasteiger partial charge < -0.3 is 15.5 Å². The molecule has 1 aliphatic rings. The molecule has 10 heteroatoms. The molecule has 34 heavy (non-hydrogen) atoms. The molecule has 0 aromatic carbocycles. The lowest BCUT2D eigenvalue weighted by molar-refractivity contribution is 0.102. The Morgan fingerprint density at radius 2 is 2.09 bits per heavy atom. The maximum Gasteiger partial charge on any atom is 0.275 e. The van der Waals surface area contributed by atoms with Gasteiger partial charge in [0.1, 0.15) is 5.69 Å². The molecule has 0 spiro atoms.